The number of nitrogens with zero attached hydrogens (tertiary/aromatic N) is 1. The van der Waals surface area contributed by atoms with Gasteiger partial charge in [0.25, 0.3) is 0 Å². The van der Waals surface area contributed by atoms with E-state index in [1.165, 1.54) is 0 Å². The topological polar surface area (TPSA) is 22.1 Å². The van der Waals surface area contributed by atoms with Gasteiger partial charge in [0.15, 0.2) is 0 Å². The second-order valence-corrected chi connectivity index (χ2v) is 4.91. The van der Waals surface area contributed by atoms with E-state index >= 15 is 0 Å². The minimum absolute atomic E-state index is 0.321. The summed E-state index contributed by atoms with van der Waals surface area (Å²) in [5, 5.41) is 1.67. The Balaban J connectivity index is 1.92. The first-order chi connectivity index (χ1) is 8.65. The molecule has 0 aliphatic rings. The minimum atomic E-state index is 0.321. The standard InChI is InChI=1S/C13H10Cl3NO/c14-10-3-1-9(2-4-10)7-18-8-12-11(15)5-6-13(16)17-12/h1-6H,7-8H2. The molecule has 0 unspecified atom stereocenters. The second-order valence-electron chi connectivity index (χ2n) is 3.68. The van der Waals surface area contributed by atoms with Crippen molar-refractivity contribution in [3.8, 4) is 0 Å². The fourth-order valence-corrected chi connectivity index (χ4v) is 1.86. The number of pyridine rings is 1. The Morgan fingerprint density at radius 3 is 2.33 bits per heavy atom. The van der Waals surface area contributed by atoms with Crippen molar-refractivity contribution >= 4 is 34.8 Å². The Bertz CT molecular complexity index is 528. The highest BCUT2D eigenvalue weighted by Gasteiger charge is 2.03. The number of hydrogen-bond donors (Lipinski definition) is 0. The molecule has 2 nitrogen and oxygen atoms in total. The van der Waals surface area contributed by atoms with Gasteiger partial charge >= 0.3 is 0 Å². The summed E-state index contributed by atoms with van der Waals surface area (Å²) in [5.41, 5.74) is 1.68. The lowest BCUT2D eigenvalue weighted by molar-refractivity contribution is 0.104. The Kier molecular flexibility index (Phi) is 4.84. The van der Waals surface area contributed by atoms with E-state index in [-0.39, 0.29) is 0 Å². The van der Waals surface area contributed by atoms with Gasteiger partial charge < -0.3 is 4.74 Å². The second kappa shape index (κ2) is 6.39. The van der Waals surface area contributed by atoms with Crippen molar-refractivity contribution in [3.63, 3.8) is 0 Å². The zero-order valence-electron chi connectivity index (χ0n) is 9.37. The van der Waals surface area contributed by atoms with E-state index in [9.17, 15) is 0 Å². The number of rotatable bonds is 4. The molecule has 0 spiro atoms. The van der Waals surface area contributed by atoms with Crippen molar-refractivity contribution in [3.05, 3.63) is 62.9 Å². The van der Waals surface area contributed by atoms with Crippen molar-refractivity contribution in [2.45, 2.75) is 13.2 Å². The quantitative estimate of drug-likeness (QED) is 0.760. The van der Waals surface area contributed by atoms with Gasteiger partial charge in [-0.15, -0.1) is 0 Å². The molecular weight excluding hydrogens is 293 g/mol. The van der Waals surface area contributed by atoms with Gasteiger partial charge in [0, 0.05) is 5.02 Å². The molecule has 1 aromatic carbocycles. The number of ether oxygens (including phenoxy) is 1. The highest BCUT2D eigenvalue weighted by molar-refractivity contribution is 6.32. The summed E-state index contributed by atoms with van der Waals surface area (Å²) in [5.74, 6) is 0. The maximum atomic E-state index is 5.98. The molecule has 0 amide bonds. The van der Waals surface area contributed by atoms with Crippen LogP contribution in [0.2, 0.25) is 15.2 Å². The lowest BCUT2D eigenvalue weighted by atomic mass is 10.2. The minimum Gasteiger partial charge on any atom is -0.370 e. The molecule has 94 valence electrons. The number of benzene rings is 1. The first-order valence-corrected chi connectivity index (χ1v) is 6.41. The predicted octanol–water partition coefficient (Wildman–Crippen LogP) is 4.76. The highest BCUT2D eigenvalue weighted by Crippen LogP contribution is 2.18. The van der Waals surface area contributed by atoms with E-state index in [1.807, 2.05) is 24.3 Å². The van der Waals surface area contributed by atoms with Crippen LogP contribution in [0.3, 0.4) is 0 Å². The molecule has 0 aliphatic heterocycles. The van der Waals surface area contributed by atoms with Gasteiger partial charge in [0.05, 0.1) is 23.9 Å². The maximum Gasteiger partial charge on any atom is 0.129 e. The summed E-state index contributed by atoms with van der Waals surface area (Å²) in [6.07, 6.45) is 0. The van der Waals surface area contributed by atoms with Crippen molar-refractivity contribution in [1.82, 2.24) is 4.98 Å². The first-order valence-electron chi connectivity index (χ1n) is 5.28. The van der Waals surface area contributed by atoms with E-state index in [0.717, 1.165) is 5.56 Å². The summed E-state index contributed by atoms with van der Waals surface area (Å²) in [6.45, 7) is 0.795. The van der Waals surface area contributed by atoms with Crippen LogP contribution in [0, 0.1) is 0 Å². The molecule has 0 N–H and O–H groups in total. The third kappa shape index (κ3) is 3.85. The van der Waals surface area contributed by atoms with Crippen LogP contribution >= 0.6 is 34.8 Å². The smallest absolute Gasteiger partial charge is 0.129 e. The van der Waals surface area contributed by atoms with Crippen LogP contribution in [0.4, 0.5) is 0 Å². The Morgan fingerprint density at radius 2 is 1.61 bits per heavy atom. The fourth-order valence-electron chi connectivity index (χ4n) is 1.41. The fraction of sp³-hybridized carbons (Fsp3) is 0.154. The van der Waals surface area contributed by atoms with Crippen molar-refractivity contribution in [2.24, 2.45) is 0 Å². The molecule has 0 bridgehead atoms. The first kappa shape index (κ1) is 13.6. The highest BCUT2D eigenvalue weighted by atomic mass is 35.5. The monoisotopic (exact) mass is 301 g/mol. The van der Waals surface area contributed by atoms with Gasteiger partial charge in [0.2, 0.25) is 0 Å². The average Bonchev–Trinajstić information content (AvgIpc) is 2.36. The molecule has 2 rings (SSSR count). The van der Waals surface area contributed by atoms with Crippen LogP contribution in [0.5, 0.6) is 0 Å². The summed E-state index contributed by atoms with van der Waals surface area (Å²) >= 11 is 17.6. The number of hydrogen-bond acceptors (Lipinski definition) is 2. The van der Waals surface area contributed by atoms with Gasteiger partial charge in [-0.3, -0.25) is 0 Å². The van der Waals surface area contributed by atoms with E-state index in [4.69, 9.17) is 39.5 Å². The zero-order chi connectivity index (χ0) is 13.0. The van der Waals surface area contributed by atoms with Crippen molar-refractivity contribution < 1.29 is 4.74 Å². The molecule has 1 heterocycles. The summed E-state index contributed by atoms with van der Waals surface area (Å²) in [6, 6.07) is 10.8. The van der Waals surface area contributed by atoms with Crippen molar-refractivity contribution in [1.29, 1.82) is 0 Å². The molecule has 2 aromatic rings. The van der Waals surface area contributed by atoms with Crippen LogP contribution in [0.1, 0.15) is 11.3 Å². The van der Waals surface area contributed by atoms with Gasteiger partial charge in [-0.2, -0.15) is 0 Å². The lowest BCUT2D eigenvalue weighted by Crippen LogP contribution is -1.97. The maximum absolute atomic E-state index is 5.98. The Labute approximate surface area is 120 Å². The van der Waals surface area contributed by atoms with Crippen LogP contribution in [-0.4, -0.2) is 4.98 Å². The molecule has 0 atom stereocenters. The molecular formula is C13H10Cl3NO. The largest absolute Gasteiger partial charge is 0.370 e. The Morgan fingerprint density at radius 1 is 0.889 bits per heavy atom. The van der Waals surface area contributed by atoms with Gasteiger partial charge in [0.1, 0.15) is 5.15 Å². The van der Waals surface area contributed by atoms with E-state index in [0.29, 0.717) is 34.1 Å². The lowest BCUT2D eigenvalue weighted by Gasteiger charge is -2.06. The third-order valence-corrected chi connectivity index (χ3v) is 3.11. The molecule has 0 aliphatic carbocycles. The van der Waals surface area contributed by atoms with E-state index in [2.05, 4.69) is 4.98 Å². The van der Waals surface area contributed by atoms with Crippen LogP contribution < -0.4 is 0 Å². The number of halogens is 3. The number of aromatic nitrogens is 1. The molecule has 18 heavy (non-hydrogen) atoms. The molecule has 5 heteroatoms. The molecule has 1 aromatic heterocycles. The molecule has 0 radical (unpaired) electrons. The van der Waals surface area contributed by atoms with Gasteiger partial charge in [-0.25, -0.2) is 4.98 Å². The van der Waals surface area contributed by atoms with E-state index in [1.54, 1.807) is 12.1 Å². The molecule has 0 fully saturated rings. The SMILES string of the molecule is Clc1ccc(COCc2nc(Cl)ccc2Cl)cc1. The summed E-state index contributed by atoms with van der Waals surface area (Å²) in [4.78, 5) is 4.11. The predicted molar refractivity (Wildman–Crippen MR) is 74.2 cm³/mol. The third-order valence-electron chi connectivity index (χ3n) is 2.31. The van der Waals surface area contributed by atoms with Gasteiger partial charge in [-0.1, -0.05) is 46.9 Å². The van der Waals surface area contributed by atoms with Crippen LogP contribution in [0.15, 0.2) is 36.4 Å². The van der Waals surface area contributed by atoms with E-state index < -0.39 is 0 Å². The van der Waals surface area contributed by atoms with Crippen molar-refractivity contribution in [2.75, 3.05) is 0 Å². The average molecular weight is 303 g/mol. The molecule has 0 saturated heterocycles. The molecule has 0 saturated carbocycles. The van der Waals surface area contributed by atoms with Crippen LogP contribution in [0.25, 0.3) is 0 Å². The van der Waals surface area contributed by atoms with Crippen LogP contribution in [-0.2, 0) is 18.0 Å². The van der Waals surface area contributed by atoms with Gasteiger partial charge in [-0.05, 0) is 29.8 Å². The zero-order valence-corrected chi connectivity index (χ0v) is 11.6. The summed E-state index contributed by atoms with van der Waals surface area (Å²) < 4.78 is 5.53. The normalized spacial score (nSPS) is 10.6. The summed E-state index contributed by atoms with van der Waals surface area (Å²) in [7, 11) is 0. The Hall–Kier alpha value is -0.800.